The zero-order valence-corrected chi connectivity index (χ0v) is 21.9. The van der Waals surface area contributed by atoms with Gasteiger partial charge in [-0.2, -0.15) is 0 Å². The summed E-state index contributed by atoms with van der Waals surface area (Å²) in [4.78, 5) is 34.1. The van der Waals surface area contributed by atoms with Gasteiger partial charge in [0.2, 0.25) is 0 Å². The Morgan fingerprint density at radius 1 is 1.03 bits per heavy atom. The van der Waals surface area contributed by atoms with E-state index in [-0.39, 0.29) is 11.6 Å². The molecule has 4 rings (SSSR count). The number of nitrogens with zero attached hydrogens (tertiary/aromatic N) is 3. The van der Waals surface area contributed by atoms with Gasteiger partial charge in [-0.1, -0.05) is 55.8 Å². The van der Waals surface area contributed by atoms with Crippen LogP contribution in [-0.2, 0) is 11.2 Å². The number of carbonyl (C=O) groups excluding carboxylic acids is 1. The Bertz CT molecular complexity index is 1410. The van der Waals surface area contributed by atoms with Gasteiger partial charge in [0, 0.05) is 19.3 Å². The maximum absolute atomic E-state index is 13.8. The largest absolute Gasteiger partial charge is 0.383 e. The first kappa shape index (κ1) is 26.1. The number of amides is 2. The molecular formula is C30H34N4O3. The molecule has 0 spiro atoms. The Morgan fingerprint density at radius 2 is 1.73 bits per heavy atom. The molecular weight excluding hydrogens is 464 g/mol. The molecule has 7 nitrogen and oxygen atoms in total. The molecule has 1 heterocycles. The lowest BCUT2D eigenvalue weighted by Crippen LogP contribution is -2.42. The highest BCUT2D eigenvalue weighted by molar-refractivity contribution is 5.89. The number of aryl methyl sites for hydroxylation is 2. The Labute approximate surface area is 217 Å². The van der Waals surface area contributed by atoms with Crippen LogP contribution in [-0.4, -0.2) is 40.7 Å². The van der Waals surface area contributed by atoms with Crippen LogP contribution in [0.5, 0.6) is 0 Å². The minimum atomic E-state index is -0.469. The van der Waals surface area contributed by atoms with Crippen LogP contribution >= 0.6 is 0 Å². The monoisotopic (exact) mass is 498 g/mol. The molecule has 0 aliphatic carbocycles. The topological polar surface area (TPSA) is 76.5 Å². The normalized spacial score (nSPS) is 11.9. The van der Waals surface area contributed by atoms with Crippen molar-refractivity contribution >= 4 is 22.6 Å². The number of aromatic nitrogens is 2. The predicted molar refractivity (Wildman–Crippen MR) is 149 cm³/mol. The number of ether oxygens (including phenoxy) is 1. The standard InChI is InChI=1S/C30H34N4O3/c1-5-22-13-17-24(18-14-22)34-28(32-26-10-8-7-9-25(26)29(34)35)27(6-2)33(19-20-37-4)30(36)31-23-15-11-21(3)12-16-23/h7-18,27H,5-6,19-20H2,1-4H3,(H,31,36). The SMILES string of the molecule is CCc1ccc(-n2c(C(CC)N(CCOC)C(=O)Nc3ccc(C)cc3)nc3ccccc3c2=O)cc1. The maximum Gasteiger partial charge on any atom is 0.322 e. The van der Waals surface area contributed by atoms with Crippen LogP contribution in [0.15, 0.2) is 77.6 Å². The summed E-state index contributed by atoms with van der Waals surface area (Å²) in [6.45, 7) is 6.78. The van der Waals surface area contributed by atoms with Crippen molar-refractivity contribution in [2.75, 3.05) is 25.6 Å². The van der Waals surface area contributed by atoms with Crippen LogP contribution in [0.25, 0.3) is 16.6 Å². The molecule has 0 aliphatic rings. The minimum absolute atomic E-state index is 0.158. The summed E-state index contributed by atoms with van der Waals surface area (Å²) in [7, 11) is 1.61. The third kappa shape index (κ3) is 5.73. The first-order valence-electron chi connectivity index (χ1n) is 12.7. The number of hydrogen-bond acceptors (Lipinski definition) is 4. The number of methoxy groups -OCH3 is 1. The number of hydrogen-bond donors (Lipinski definition) is 1. The lowest BCUT2D eigenvalue weighted by Gasteiger charge is -2.32. The number of nitrogens with one attached hydrogen (secondary N) is 1. The number of fused-ring (bicyclic) bond motifs is 1. The van der Waals surface area contributed by atoms with Crippen molar-refractivity contribution in [1.82, 2.24) is 14.5 Å². The van der Waals surface area contributed by atoms with E-state index in [9.17, 15) is 9.59 Å². The van der Waals surface area contributed by atoms with Gasteiger partial charge in [-0.3, -0.25) is 9.36 Å². The fourth-order valence-electron chi connectivity index (χ4n) is 4.47. The molecule has 37 heavy (non-hydrogen) atoms. The molecule has 7 heteroatoms. The molecule has 0 bridgehead atoms. The number of urea groups is 1. The molecule has 1 atom stereocenters. The van der Waals surface area contributed by atoms with Gasteiger partial charge in [0.15, 0.2) is 0 Å². The maximum atomic E-state index is 13.8. The molecule has 0 saturated carbocycles. The summed E-state index contributed by atoms with van der Waals surface area (Å²) in [6, 6.07) is 22.2. The van der Waals surface area contributed by atoms with Crippen LogP contribution < -0.4 is 10.9 Å². The lowest BCUT2D eigenvalue weighted by atomic mass is 10.1. The molecule has 4 aromatic rings. The van der Waals surface area contributed by atoms with E-state index in [2.05, 4.69) is 12.2 Å². The number of benzene rings is 3. The zero-order chi connectivity index (χ0) is 26.4. The summed E-state index contributed by atoms with van der Waals surface area (Å²) in [5, 5.41) is 3.54. The van der Waals surface area contributed by atoms with E-state index in [1.807, 2.05) is 80.6 Å². The van der Waals surface area contributed by atoms with Crippen molar-refractivity contribution in [3.63, 3.8) is 0 Å². The molecule has 0 aliphatic heterocycles. The van der Waals surface area contributed by atoms with Gasteiger partial charge in [0.05, 0.1) is 29.2 Å². The van der Waals surface area contributed by atoms with Crippen molar-refractivity contribution in [3.05, 3.63) is 100 Å². The highest BCUT2D eigenvalue weighted by atomic mass is 16.5. The highest BCUT2D eigenvalue weighted by Crippen LogP contribution is 2.27. The second-order valence-corrected chi connectivity index (χ2v) is 9.05. The third-order valence-electron chi connectivity index (χ3n) is 6.57. The van der Waals surface area contributed by atoms with E-state index in [4.69, 9.17) is 9.72 Å². The van der Waals surface area contributed by atoms with E-state index in [1.54, 1.807) is 22.6 Å². The average Bonchev–Trinajstić information content (AvgIpc) is 2.92. The van der Waals surface area contributed by atoms with E-state index < -0.39 is 6.04 Å². The summed E-state index contributed by atoms with van der Waals surface area (Å²) < 4.78 is 6.99. The molecule has 3 aromatic carbocycles. The van der Waals surface area contributed by atoms with Gasteiger partial charge in [-0.05, 0) is 61.7 Å². The zero-order valence-electron chi connectivity index (χ0n) is 21.9. The van der Waals surface area contributed by atoms with E-state index in [0.29, 0.717) is 42.0 Å². The molecule has 0 saturated heterocycles. The number of rotatable bonds is 9. The minimum Gasteiger partial charge on any atom is -0.383 e. The van der Waals surface area contributed by atoms with E-state index >= 15 is 0 Å². The third-order valence-corrected chi connectivity index (χ3v) is 6.57. The van der Waals surface area contributed by atoms with Gasteiger partial charge in [0.1, 0.15) is 5.82 Å². The Balaban J connectivity index is 1.85. The van der Waals surface area contributed by atoms with Crippen LogP contribution in [0.1, 0.15) is 43.3 Å². The second kappa shape index (κ2) is 11.8. The molecule has 192 valence electrons. The molecule has 2 amide bonds. The Morgan fingerprint density at radius 3 is 2.38 bits per heavy atom. The fraction of sp³-hybridized carbons (Fsp3) is 0.300. The van der Waals surface area contributed by atoms with Crippen LogP contribution in [0.3, 0.4) is 0 Å². The van der Waals surface area contributed by atoms with Crippen molar-refractivity contribution in [3.8, 4) is 5.69 Å². The van der Waals surface area contributed by atoms with Gasteiger partial charge in [-0.25, -0.2) is 9.78 Å². The molecule has 0 fully saturated rings. The second-order valence-electron chi connectivity index (χ2n) is 9.05. The number of anilines is 1. The summed E-state index contributed by atoms with van der Waals surface area (Å²) in [6.07, 6.45) is 1.46. The lowest BCUT2D eigenvalue weighted by molar-refractivity contribution is 0.131. The summed E-state index contributed by atoms with van der Waals surface area (Å²) in [5.41, 5.74) is 4.16. The van der Waals surface area contributed by atoms with Gasteiger partial charge >= 0.3 is 6.03 Å². The van der Waals surface area contributed by atoms with Gasteiger partial charge in [-0.15, -0.1) is 0 Å². The van der Waals surface area contributed by atoms with Crippen molar-refractivity contribution in [2.45, 2.75) is 39.7 Å². The predicted octanol–water partition coefficient (Wildman–Crippen LogP) is 5.89. The van der Waals surface area contributed by atoms with Gasteiger partial charge < -0.3 is 15.0 Å². The molecule has 1 N–H and O–H groups in total. The van der Waals surface area contributed by atoms with E-state index in [0.717, 1.165) is 17.7 Å². The van der Waals surface area contributed by atoms with Crippen molar-refractivity contribution in [1.29, 1.82) is 0 Å². The van der Waals surface area contributed by atoms with E-state index in [1.165, 1.54) is 5.56 Å². The first-order chi connectivity index (χ1) is 18.0. The fourth-order valence-corrected chi connectivity index (χ4v) is 4.47. The quantitative estimate of drug-likeness (QED) is 0.312. The molecule has 1 aromatic heterocycles. The van der Waals surface area contributed by atoms with Crippen LogP contribution in [0, 0.1) is 6.92 Å². The van der Waals surface area contributed by atoms with Crippen molar-refractivity contribution in [2.24, 2.45) is 0 Å². The Kier molecular flexibility index (Phi) is 8.36. The first-order valence-corrected chi connectivity index (χ1v) is 12.7. The Hall–Kier alpha value is -3.97. The number of carbonyl (C=O) groups is 1. The highest BCUT2D eigenvalue weighted by Gasteiger charge is 2.29. The molecule has 1 unspecified atom stereocenters. The summed E-state index contributed by atoms with van der Waals surface area (Å²) >= 11 is 0. The van der Waals surface area contributed by atoms with Crippen LogP contribution in [0.4, 0.5) is 10.5 Å². The smallest absolute Gasteiger partial charge is 0.322 e. The summed E-state index contributed by atoms with van der Waals surface area (Å²) in [5.74, 6) is 0.519. The number of para-hydroxylation sites is 1. The average molecular weight is 499 g/mol. The van der Waals surface area contributed by atoms with Gasteiger partial charge in [0.25, 0.3) is 5.56 Å². The van der Waals surface area contributed by atoms with Crippen LogP contribution in [0.2, 0.25) is 0 Å². The molecule has 0 radical (unpaired) electrons. The van der Waals surface area contributed by atoms with Crippen molar-refractivity contribution < 1.29 is 9.53 Å².